The van der Waals surface area contributed by atoms with Crippen LogP contribution >= 0.6 is 0 Å². The van der Waals surface area contributed by atoms with Crippen LogP contribution in [0.5, 0.6) is 0 Å². The number of rotatable bonds is 3. The molecule has 2 atom stereocenters. The number of aryl methyl sites for hydroxylation is 1. The van der Waals surface area contributed by atoms with Gasteiger partial charge in [-0.1, -0.05) is 13.3 Å². The number of primary sulfonamides is 1. The van der Waals surface area contributed by atoms with E-state index in [-0.39, 0.29) is 16.5 Å². The van der Waals surface area contributed by atoms with Crippen LogP contribution < -0.4 is 5.14 Å². The van der Waals surface area contributed by atoms with E-state index >= 15 is 0 Å². The van der Waals surface area contributed by atoms with E-state index in [2.05, 4.69) is 10.2 Å². The number of sulfonamides is 1. The first kappa shape index (κ1) is 14.5. The van der Waals surface area contributed by atoms with E-state index in [1.54, 1.807) is 11.8 Å². The van der Waals surface area contributed by atoms with Crippen molar-refractivity contribution in [1.82, 2.24) is 15.1 Å². The first-order valence-corrected chi connectivity index (χ1v) is 8.85. The number of carbonyl (C=O) groups excluding carboxylic acids is 1. The Bertz CT molecular complexity index is 655. The fourth-order valence-corrected chi connectivity index (χ4v) is 4.55. The van der Waals surface area contributed by atoms with Gasteiger partial charge >= 0.3 is 0 Å². The molecule has 0 radical (unpaired) electrons. The van der Waals surface area contributed by atoms with Crippen LogP contribution in [0, 0.1) is 11.8 Å². The van der Waals surface area contributed by atoms with Gasteiger partial charge in [-0.2, -0.15) is 5.10 Å². The van der Waals surface area contributed by atoms with E-state index in [1.807, 2.05) is 0 Å². The molecular weight excluding hydrogens is 292 g/mol. The minimum absolute atomic E-state index is 0.0608. The number of nitrogens with two attached hydrogens (primary N) is 1. The molecule has 1 aliphatic carbocycles. The zero-order valence-electron chi connectivity index (χ0n) is 12.0. The number of hydrogen-bond donors (Lipinski definition) is 2. The van der Waals surface area contributed by atoms with Crippen molar-refractivity contribution in [2.45, 2.75) is 37.5 Å². The summed E-state index contributed by atoms with van der Waals surface area (Å²) >= 11 is 0. The minimum atomic E-state index is -3.97. The van der Waals surface area contributed by atoms with Crippen molar-refractivity contribution in [1.29, 1.82) is 0 Å². The largest absolute Gasteiger partial charge is 0.337 e. The molecule has 0 spiro atoms. The topological polar surface area (TPSA) is 109 Å². The molecular formula is C13H20N4O3S. The second-order valence-electron chi connectivity index (χ2n) is 5.94. The third kappa shape index (κ3) is 2.46. The van der Waals surface area contributed by atoms with Crippen LogP contribution in [-0.4, -0.2) is 42.5 Å². The van der Waals surface area contributed by atoms with Gasteiger partial charge in [0.25, 0.3) is 5.91 Å². The Balaban J connectivity index is 1.91. The van der Waals surface area contributed by atoms with Crippen molar-refractivity contribution >= 4 is 15.9 Å². The molecule has 1 amide bonds. The van der Waals surface area contributed by atoms with Crippen LogP contribution in [0.4, 0.5) is 0 Å². The lowest BCUT2D eigenvalue weighted by Crippen LogP contribution is -2.31. The van der Waals surface area contributed by atoms with E-state index in [1.165, 1.54) is 6.42 Å². The summed E-state index contributed by atoms with van der Waals surface area (Å²) in [5, 5.41) is 11.8. The van der Waals surface area contributed by atoms with Gasteiger partial charge in [-0.15, -0.1) is 0 Å². The lowest BCUT2D eigenvalue weighted by atomic mass is 10.0. The van der Waals surface area contributed by atoms with Gasteiger partial charge in [-0.05, 0) is 31.1 Å². The molecule has 1 aromatic heterocycles. The van der Waals surface area contributed by atoms with E-state index < -0.39 is 10.0 Å². The highest BCUT2D eigenvalue weighted by atomic mass is 32.2. The van der Waals surface area contributed by atoms with Crippen molar-refractivity contribution in [2.24, 2.45) is 17.0 Å². The van der Waals surface area contributed by atoms with Gasteiger partial charge in [-0.3, -0.25) is 9.89 Å². The van der Waals surface area contributed by atoms with Gasteiger partial charge in [0.2, 0.25) is 10.0 Å². The Labute approximate surface area is 123 Å². The summed E-state index contributed by atoms with van der Waals surface area (Å²) in [4.78, 5) is 14.2. The number of carbonyl (C=O) groups is 1. The number of nitrogens with zero attached hydrogens (tertiary/aromatic N) is 2. The standard InChI is InChI=1S/C13H20N4O3S/c1-2-10-12(21(14,19)20)11(16-15-10)13(18)17-6-8-4-3-5-9(8)7-17/h8-9H,2-7H2,1H3,(H,15,16)(H2,14,19,20). The van der Waals surface area contributed by atoms with Gasteiger partial charge in [-0.25, -0.2) is 13.6 Å². The molecule has 7 nitrogen and oxygen atoms in total. The third-order valence-electron chi connectivity index (χ3n) is 4.65. The van der Waals surface area contributed by atoms with Gasteiger partial charge in [0.15, 0.2) is 5.69 Å². The lowest BCUT2D eigenvalue weighted by molar-refractivity contribution is 0.0771. The molecule has 1 saturated carbocycles. The molecule has 3 rings (SSSR count). The number of aromatic amines is 1. The predicted molar refractivity (Wildman–Crippen MR) is 76.1 cm³/mol. The predicted octanol–water partition coefficient (Wildman–Crippen LogP) is 0.492. The Morgan fingerprint density at radius 1 is 1.38 bits per heavy atom. The van der Waals surface area contributed by atoms with E-state index in [4.69, 9.17) is 5.14 Å². The molecule has 2 heterocycles. The van der Waals surface area contributed by atoms with E-state index in [0.29, 0.717) is 37.0 Å². The van der Waals surface area contributed by atoms with Gasteiger partial charge in [0, 0.05) is 13.1 Å². The highest BCUT2D eigenvalue weighted by molar-refractivity contribution is 7.89. The lowest BCUT2D eigenvalue weighted by Gasteiger charge is -2.16. The SMILES string of the molecule is CCc1[nH]nc(C(=O)N2CC3CCCC3C2)c1S(N)(=O)=O. The van der Waals surface area contributed by atoms with E-state index in [9.17, 15) is 13.2 Å². The number of likely N-dealkylation sites (tertiary alicyclic amines) is 1. The molecule has 2 aliphatic rings. The van der Waals surface area contributed by atoms with Gasteiger partial charge in [0.05, 0.1) is 5.69 Å². The zero-order chi connectivity index (χ0) is 15.2. The maximum Gasteiger partial charge on any atom is 0.275 e. The number of fused-ring (bicyclic) bond motifs is 1. The molecule has 3 N–H and O–H groups in total. The molecule has 2 unspecified atom stereocenters. The highest BCUT2D eigenvalue weighted by Crippen LogP contribution is 2.38. The summed E-state index contributed by atoms with van der Waals surface area (Å²) in [7, 11) is -3.97. The summed E-state index contributed by atoms with van der Waals surface area (Å²) in [6.07, 6.45) is 3.95. The molecule has 1 saturated heterocycles. The van der Waals surface area contributed by atoms with Crippen molar-refractivity contribution in [3.8, 4) is 0 Å². The maximum absolute atomic E-state index is 12.6. The zero-order valence-corrected chi connectivity index (χ0v) is 12.8. The van der Waals surface area contributed by atoms with Crippen LogP contribution in [0.2, 0.25) is 0 Å². The fourth-order valence-electron chi connectivity index (χ4n) is 3.61. The Morgan fingerprint density at radius 2 is 2.00 bits per heavy atom. The monoisotopic (exact) mass is 312 g/mol. The Morgan fingerprint density at radius 3 is 2.52 bits per heavy atom. The summed E-state index contributed by atoms with van der Waals surface area (Å²) < 4.78 is 23.5. The summed E-state index contributed by atoms with van der Waals surface area (Å²) in [6.45, 7) is 3.18. The van der Waals surface area contributed by atoms with Crippen molar-refractivity contribution in [2.75, 3.05) is 13.1 Å². The van der Waals surface area contributed by atoms with Crippen LogP contribution in [0.3, 0.4) is 0 Å². The number of H-pyrrole nitrogens is 1. The molecule has 0 bridgehead atoms. The normalized spacial score (nSPS) is 25.3. The van der Waals surface area contributed by atoms with Crippen molar-refractivity contribution in [3.05, 3.63) is 11.4 Å². The summed E-state index contributed by atoms with van der Waals surface area (Å²) in [5.74, 6) is 0.775. The summed E-state index contributed by atoms with van der Waals surface area (Å²) in [5.41, 5.74) is 0.328. The smallest absolute Gasteiger partial charge is 0.275 e. The maximum atomic E-state index is 12.6. The first-order chi connectivity index (χ1) is 9.91. The number of hydrogen-bond acceptors (Lipinski definition) is 4. The minimum Gasteiger partial charge on any atom is -0.337 e. The molecule has 0 aromatic carbocycles. The quantitative estimate of drug-likeness (QED) is 0.846. The molecule has 8 heteroatoms. The molecule has 2 fully saturated rings. The third-order valence-corrected chi connectivity index (χ3v) is 5.65. The second kappa shape index (κ2) is 5.10. The number of aromatic nitrogens is 2. The van der Waals surface area contributed by atoms with Crippen molar-refractivity contribution in [3.63, 3.8) is 0 Å². The number of amides is 1. The van der Waals surface area contributed by atoms with Crippen LogP contribution in [0.15, 0.2) is 4.90 Å². The van der Waals surface area contributed by atoms with E-state index in [0.717, 1.165) is 12.8 Å². The average molecular weight is 312 g/mol. The fraction of sp³-hybridized carbons (Fsp3) is 0.692. The first-order valence-electron chi connectivity index (χ1n) is 7.31. The van der Waals surface area contributed by atoms with Crippen LogP contribution in [0.25, 0.3) is 0 Å². The Kier molecular flexibility index (Phi) is 3.53. The average Bonchev–Trinajstić information content (AvgIpc) is 3.09. The summed E-state index contributed by atoms with van der Waals surface area (Å²) in [6, 6.07) is 0. The molecule has 116 valence electrons. The molecule has 1 aromatic rings. The number of nitrogens with one attached hydrogen (secondary N) is 1. The Hall–Kier alpha value is -1.41. The van der Waals surface area contributed by atoms with Crippen LogP contribution in [0.1, 0.15) is 42.4 Å². The van der Waals surface area contributed by atoms with Crippen molar-refractivity contribution < 1.29 is 13.2 Å². The van der Waals surface area contributed by atoms with Gasteiger partial charge < -0.3 is 4.90 Å². The molecule has 21 heavy (non-hydrogen) atoms. The van der Waals surface area contributed by atoms with Crippen LogP contribution in [-0.2, 0) is 16.4 Å². The molecule has 1 aliphatic heterocycles. The van der Waals surface area contributed by atoms with Gasteiger partial charge in [0.1, 0.15) is 4.90 Å². The highest BCUT2D eigenvalue weighted by Gasteiger charge is 2.40. The second-order valence-corrected chi connectivity index (χ2v) is 7.44.